The number of benzene rings is 1. The second-order valence-corrected chi connectivity index (χ2v) is 8.33. The summed E-state index contributed by atoms with van der Waals surface area (Å²) in [7, 11) is -3.38. The quantitative estimate of drug-likeness (QED) is 0.907. The maximum atomic E-state index is 12.7. The highest BCUT2D eigenvalue weighted by atomic mass is 32.2. The van der Waals surface area contributed by atoms with Gasteiger partial charge in [-0.1, -0.05) is 32.9 Å². The van der Waals surface area contributed by atoms with Gasteiger partial charge in [0.2, 0.25) is 10.0 Å². The van der Waals surface area contributed by atoms with Gasteiger partial charge in [0.1, 0.15) is 0 Å². The van der Waals surface area contributed by atoms with Gasteiger partial charge in [-0.2, -0.15) is 4.31 Å². The lowest BCUT2D eigenvalue weighted by molar-refractivity contribution is 0.284. The van der Waals surface area contributed by atoms with Crippen molar-refractivity contribution in [2.24, 2.45) is 0 Å². The summed E-state index contributed by atoms with van der Waals surface area (Å²) in [6.45, 7) is 10.2. The predicted molar refractivity (Wildman–Crippen MR) is 81.4 cm³/mol. The van der Waals surface area contributed by atoms with Crippen LogP contribution in [-0.2, 0) is 15.4 Å². The van der Waals surface area contributed by atoms with Gasteiger partial charge in [0.05, 0.1) is 4.90 Å². The van der Waals surface area contributed by atoms with Gasteiger partial charge in [0.25, 0.3) is 0 Å². The van der Waals surface area contributed by atoms with Crippen LogP contribution in [0.2, 0.25) is 0 Å². The van der Waals surface area contributed by atoms with E-state index in [9.17, 15) is 8.42 Å². The van der Waals surface area contributed by atoms with Gasteiger partial charge in [0, 0.05) is 25.7 Å². The van der Waals surface area contributed by atoms with E-state index in [0.717, 1.165) is 5.56 Å². The highest BCUT2D eigenvalue weighted by Gasteiger charge is 2.30. The van der Waals surface area contributed by atoms with Crippen molar-refractivity contribution in [2.75, 3.05) is 19.6 Å². The summed E-state index contributed by atoms with van der Waals surface area (Å²) in [6.07, 6.45) is 0. The van der Waals surface area contributed by atoms with Crippen molar-refractivity contribution < 1.29 is 8.42 Å². The molecule has 0 radical (unpaired) electrons. The normalized spacial score (nSPS) is 21.9. The Morgan fingerprint density at radius 2 is 1.80 bits per heavy atom. The highest BCUT2D eigenvalue weighted by Crippen LogP contribution is 2.25. The molecule has 4 nitrogen and oxygen atoms in total. The van der Waals surface area contributed by atoms with Crippen molar-refractivity contribution in [2.45, 2.75) is 44.0 Å². The third kappa shape index (κ3) is 3.05. The third-order valence-corrected chi connectivity index (χ3v) is 5.80. The smallest absolute Gasteiger partial charge is 0.243 e. The summed E-state index contributed by atoms with van der Waals surface area (Å²) in [5.74, 6) is 0. The largest absolute Gasteiger partial charge is 0.314 e. The molecule has 0 aliphatic carbocycles. The standard InChI is InChI=1S/C15H24N2O2S/c1-12-11-16-9-10-17(12)20(18,19)14-7-5-13(6-8-14)15(2,3)4/h5-8,12,16H,9-11H2,1-4H3/t12-/m0/s1. The Bertz CT molecular complexity index is 559. The van der Waals surface area contributed by atoms with Crippen LogP contribution in [0.1, 0.15) is 33.3 Å². The van der Waals surface area contributed by atoms with Gasteiger partial charge in [0.15, 0.2) is 0 Å². The SMILES string of the molecule is C[C@H]1CNCCN1S(=O)(=O)c1ccc(C(C)(C)C)cc1. The molecule has 1 N–H and O–H groups in total. The summed E-state index contributed by atoms with van der Waals surface area (Å²) in [6, 6.07) is 7.28. The molecule has 0 amide bonds. The average molecular weight is 296 g/mol. The Hall–Kier alpha value is -0.910. The van der Waals surface area contributed by atoms with Crippen LogP contribution in [0.15, 0.2) is 29.2 Å². The molecule has 0 aromatic heterocycles. The van der Waals surface area contributed by atoms with Crippen LogP contribution in [0.5, 0.6) is 0 Å². The van der Waals surface area contributed by atoms with E-state index in [4.69, 9.17) is 0 Å². The minimum atomic E-state index is -3.38. The fraction of sp³-hybridized carbons (Fsp3) is 0.600. The van der Waals surface area contributed by atoms with E-state index in [1.54, 1.807) is 16.4 Å². The van der Waals surface area contributed by atoms with Crippen molar-refractivity contribution in [1.29, 1.82) is 0 Å². The molecule has 1 saturated heterocycles. The Kier molecular flexibility index (Phi) is 4.23. The topological polar surface area (TPSA) is 49.4 Å². The number of hydrogen-bond donors (Lipinski definition) is 1. The van der Waals surface area contributed by atoms with E-state index in [1.807, 2.05) is 19.1 Å². The molecule has 1 aliphatic rings. The Balaban J connectivity index is 2.30. The van der Waals surface area contributed by atoms with E-state index in [2.05, 4.69) is 26.1 Å². The fourth-order valence-corrected chi connectivity index (χ4v) is 4.07. The molecule has 1 aromatic carbocycles. The molecular weight excluding hydrogens is 272 g/mol. The number of piperazine rings is 1. The van der Waals surface area contributed by atoms with Gasteiger partial charge in [-0.05, 0) is 30.0 Å². The minimum Gasteiger partial charge on any atom is -0.314 e. The maximum absolute atomic E-state index is 12.7. The first-order valence-electron chi connectivity index (χ1n) is 7.06. The van der Waals surface area contributed by atoms with Crippen LogP contribution in [-0.4, -0.2) is 38.4 Å². The van der Waals surface area contributed by atoms with Gasteiger partial charge in [-0.15, -0.1) is 0 Å². The van der Waals surface area contributed by atoms with Gasteiger partial charge in [-0.3, -0.25) is 0 Å². The van der Waals surface area contributed by atoms with E-state index in [-0.39, 0.29) is 11.5 Å². The summed E-state index contributed by atoms with van der Waals surface area (Å²) in [4.78, 5) is 0.388. The van der Waals surface area contributed by atoms with Crippen LogP contribution in [0.4, 0.5) is 0 Å². The van der Waals surface area contributed by atoms with E-state index in [0.29, 0.717) is 24.5 Å². The van der Waals surface area contributed by atoms with Crippen molar-refractivity contribution in [3.63, 3.8) is 0 Å². The lowest BCUT2D eigenvalue weighted by atomic mass is 9.87. The zero-order chi connectivity index (χ0) is 15.0. The molecule has 1 aromatic rings. The molecule has 0 bridgehead atoms. The van der Waals surface area contributed by atoms with Crippen LogP contribution in [0.3, 0.4) is 0 Å². The average Bonchev–Trinajstić information content (AvgIpc) is 2.38. The number of nitrogens with zero attached hydrogens (tertiary/aromatic N) is 1. The Labute approximate surface area is 122 Å². The molecule has 1 aliphatic heterocycles. The second-order valence-electron chi connectivity index (χ2n) is 6.44. The lowest BCUT2D eigenvalue weighted by Gasteiger charge is -2.33. The number of hydrogen-bond acceptors (Lipinski definition) is 3. The van der Waals surface area contributed by atoms with Gasteiger partial charge in [-0.25, -0.2) is 8.42 Å². The fourth-order valence-electron chi connectivity index (χ4n) is 2.44. The molecule has 5 heteroatoms. The summed E-state index contributed by atoms with van der Waals surface area (Å²) < 4.78 is 26.9. The van der Waals surface area contributed by atoms with Crippen LogP contribution in [0.25, 0.3) is 0 Å². The second kappa shape index (κ2) is 5.47. The number of rotatable bonds is 2. The third-order valence-electron chi connectivity index (χ3n) is 3.77. The first-order valence-corrected chi connectivity index (χ1v) is 8.50. The molecular formula is C15H24N2O2S. The summed E-state index contributed by atoms with van der Waals surface area (Å²) in [5, 5.41) is 3.21. The molecule has 1 heterocycles. The molecule has 112 valence electrons. The Morgan fingerprint density at radius 3 is 2.30 bits per heavy atom. The first kappa shape index (κ1) is 15.5. The van der Waals surface area contributed by atoms with Crippen LogP contribution < -0.4 is 5.32 Å². The van der Waals surface area contributed by atoms with Crippen molar-refractivity contribution >= 4 is 10.0 Å². The minimum absolute atomic E-state index is 0.00366. The van der Waals surface area contributed by atoms with Crippen molar-refractivity contribution in [3.8, 4) is 0 Å². The summed E-state index contributed by atoms with van der Waals surface area (Å²) in [5.41, 5.74) is 1.18. The zero-order valence-electron chi connectivity index (χ0n) is 12.7. The molecule has 2 rings (SSSR count). The van der Waals surface area contributed by atoms with Crippen molar-refractivity contribution in [1.82, 2.24) is 9.62 Å². The molecule has 20 heavy (non-hydrogen) atoms. The van der Waals surface area contributed by atoms with Crippen LogP contribution in [0, 0.1) is 0 Å². The van der Waals surface area contributed by atoms with E-state index < -0.39 is 10.0 Å². The predicted octanol–water partition coefficient (Wildman–Crippen LogP) is 1.97. The summed E-state index contributed by atoms with van der Waals surface area (Å²) >= 11 is 0. The molecule has 0 spiro atoms. The highest BCUT2D eigenvalue weighted by molar-refractivity contribution is 7.89. The van der Waals surface area contributed by atoms with E-state index in [1.165, 1.54) is 0 Å². The zero-order valence-corrected chi connectivity index (χ0v) is 13.5. The molecule has 0 unspecified atom stereocenters. The molecule has 0 saturated carbocycles. The molecule has 1 fully saturated rings. The van der Waals surface area contributed by atoms with E-state index >= 15 is 0 Å². The van der Waals surface area contributed by atoms with Crippen LogP contribution >= 0.6 is 0 Å². The monoisotopic (exact) mass is 296 g/mol. The van der Waals surface area contributed by atoms with Crippen molar-refractivity contribution in [3.05, 3.63) is 29.8 Å². The number of sulfonamides is 1. The van der Waals surface area contributed by atoms with Gasteiger partial charge >= 0.3 is 0 Å². The lowest BCUT2D eigenvalue weighted by Crippen LogP contribution is -2.52. The first-order chi connectivity index (χ1) is 9.23. The van der Waals surface area contributed by atoms with Gasteiger partial charge < -0.3 is 5.32 Å². The Morgan fingerprint density at radius 1 is 1.20 bits per heavy atom. The maximum Gasteiger partial charge on any atom is 0.243 e. The number of nitrogens with one attached hydrogen (secondary N) is 1. The molecule has 1 atom stereocenters.